The minimum absolute atomic E-state index is 0.0328. The van der Waals surface area contributed by atoms with E-state index in [1.54, 1.807) is 50.4 Å². The zero-order valence-electron chi connectivity index (χ0n) is 18.7. The number of carbonyl (C=O) groups is 4. The number of urea groups is 1. The molecule has 2 aromatic carbocycles. The van der Waals surface area contributed by atoms with Crippen molar-refractivity contribution in [3.8, 4) is 11.5 Å². The number of carbonyl (C=O) groups excluding carboxylic acids is 4. The Morgan fingerprint density at radius 2 is 1.82 bits per heavy atom. The number of rotatable bonds is 4. The molecule has 10 heteroatoms. The van der Waals surface area contributed by atoms with E-state index in [-0.39, 0.29) is 48.8 Å². The molecule has 0 aromatic heterocycles. The van der Waals surface area contributed by atoms with Crippen LogP contribution in [0.25, 0.3) is 0 Å². The topological polar surface area (TPSA) is 105 Å². The minimum Gasteiger partial charge on any atom is -0.454 e. The van der Waals surface area contributed by atoms with Crippen LogP contribution in [0.3, 0.4) is 0 Å². The number of fused-ring (bicyclic) bond motifs is 2. The van der Waals surface area contributed by atoms with Gasteiger partial charge in [0.05, 0.1) is 17.0 Å². The van der Waals surface area contributed by atoms with Crippen LogP contribution in [0.15, 0.2) is 36.4 Å². The van der Waals surface area contributed by atoms with Crippen molar-refractivity contribution in [2.45, 2.75) is 30.4 Å². The smallest absolute Gasteiger partial charge is 0.327 e. The lowest BCUT2D eigenvalue weighted by atomic mass is 9.97. The van der Waals surface area contributed by atoms with Crippen LogP contribution in [0.2, 0.25) is 0 Å². The number of benzene rings is 2. The summed E-state index contributed by atoms with van der Waals surface area (Å²) < 4.78 is 10.9. The van der Waals surface area contributed by atoms with Gasteiger partial charge in [-0.1, -0.05) is 12.1 Å². The van der Waals surface area contributed by atoms with E-state index < -0.39 is 5.25 Å². The van der Waals surface area contributed by atoms with E-state index in [2.05, 4.69) is 5.32 Å². The Kier molecular flexibility index (Phi) is 5.68. The quantitative estimate of drug-likeness (QED) is 0.670. The number of imide groups is 1. The zero-order valence-corrected chi connectivity index (χ0v) is 19.5. The molecule has 2 unspecified atom stereocenters. The molecule has 0 radical (unpaired) electrons. The fourth-order valence-corrected chi connectivity index (χ4v) is 5.44. The molecule has 4 amide bonds. The third-order valence-corrected chi connectivity index (χ3v) is 7.42. The fraction of sp³-hybridized carbons (Fsp3) is 0.333. The van der Waals surface area contributed by atoms with Crippen molar-refractivity contribution in [3.05, 3.63) is 53.1 Å². The van der Waals surface area contributed by atoms with Gasteiger partial charge in [-0.15, -0.1) is 11.8 Å². The molecule has 34 heavy (non-hydrogen) atoms. The van der Waals surface area contributed by atoms with Crippen molar-refractivity contribution in [1.82, 2.24) is 9.80 Å². The van der Waals surface area contributed by atoms with Crippen molar-refractivity contribution < 1.29 is 28.7 Å². The summed E-state index contributed by atoms with van der Waals surface area (Å²) in [6, 6.07) is 10.2. The number of nitrogens with one attached hydrogen (secondary N) is 1. The molecule has 9 nitrogen and oxygen atoms in total. The van der Waals surface area contributed by atoms with Gasteiger partial charge in [0.25, 0.3) is 5.91 Å². The number of anilines is 1. The second-order valence-electron chi connectivity index (χ2n) is 8.50. The molecule has 0 spiro atoms. The molecular formula is C24H23N3O6S. The lowest BCUT2D eigenvalue weighted by Gasteiger charge is -2.17. The van der Waals surface area contributed by atoms with Gasteiger partial charge < -0.3 is 19.7 Å². The van der Waals surface area contributed by atoms with Gasteiger partial charge in [0, 0.05) is 18.3 Å². The maximum absolute atomic E-state index is 13.1. The number of ether oxygens (including phenoxy) is 2. The molecule has 2 aromatic rings. The number of likely N-dealkylation sites (N-methyl/N-ethyl adjacent to an activating group) is 1. The van der Waals surface area contributed by atoms with Crippen molar-refractivity contribution >= 4 is 41.1 Å². The average Bonchev–Trinajstić information content (AvgIpc) is 3.33. The second-order valence-corrected chi connectivity index (χ2v) is 10.1. The zero-order chi connectivity index (χ0) is 24.0. The van der Waals surface area contributed by atoms with Crippen LogP contribution < -0.4 is 14.8 Å². The number of amides is 4. The first-order valence-corrected chi connectivity index (χ1v) is 11.8. The van der Waals surface area contributed by atoms with Gasteiger partial charge in [0.15, 0.2) is 17.3 Å². The van der Waals surface area contributed by atoms with Gasteiger partial charge in [0.2, 0.25) is 12.7 Å². The molecule has 0 saturated carbocycles. The summed E-state index contributed by atoms with van der Waals surface area (Å²) in [6.45, 7) is 2.19. The molecule has 5 rings (SSSR count). The molecule has 1 fully saturated rings. The van der Waals surface area contributed by atoms with Crippen LogP contribution >= 0.6 is 11.8 Å². The van der Waals surface area contributed by atoms with Crippen LogP contribution in [0.5, 0.6) is 11.5 Å². The molecule has 0 bridgehead atoms. The van der Waals surface area contributed by atoms with Crippen LogP contribution in [0, 0.1) is 0 Å². The first kappa shape index (κ1) is 22.3. The minimum atomic E-state index is -0.462. The maximum Gasteiger partial charge on any atom is 0.327 e. The Morgan fingerprint density at radius 1 is 1.12 bits per heavy atom. The molecule has 2 atom stereocenters. The molecule has 1 N–H and O–H groups in total. The number of nitrogens with zero attached hydrogens (tertiary/aromatic N) is 2. The molecule has 3 aliphatic heterocycles. The van der Waals surface area contributed by atoms with E-state index >= 15 is 0 Å². The second kappa shape index (κ2) is 8.68. The first-order valence-electron chi connectivity index (χ1n) is 10.9. The largest absolute Gasteiger partial charge is 0.454 e. The first-order chi connectivity index (χ1) is 16.3. The van der Waals surface area contributed by atoms with Crippen LogP contribution in [0.4, 0.5) is 10.5 Å². The Hall–Kier alpha value is -3.53. The van der Waals surface area contributed by atoms with Gasteiger partial charge in [-0.25, -0.2) is 4.79 Å². The maximum atomic E-state index is 13.1. The molecular weight excluding hydrogens is 458 g/mol. The molecule has 3 aliphatic rings. The molecule has 3 heterocycles. The summed E-state index contributed by atoms with van der Waals surface area (Å²) in [5, 5.41) is 2.08. The Bertz CT molecular complexity index is 1200. The lowest BCUT2D eigenvalue weighted by molar-refractivity contribution is -0.125. The highest BCUT2D eigenvalue weighted by Crippen LogP contribution is 2.39. The Labute approximate surface area is 200 Å². The fourth-order valence-electron chi connectivity index (χ4n) is 4.24. The van der Waals surface area contributed by atoms with Crippen LogP contribution in [0.1, 0.15) is 28.4 Å². The highest BCUT2D eigenvalue weighted by atomic mass is 32.2. The molecule has 1 saturated heterocycles. The monoisotopic (exact) mass is 481 g/mol. The van der Waals surface area contributed by atoms with Gasteiger partial charge in [-0.2, -0.15) is 0 Å². The number of hydrogen-bond donors (Lipinski definition) is 1. The van der Waals surface area contributed by atoms with E-state index in [1.807, 2.05) is 0 Å². The number of ketones is 1. The van der Waals surface area contributed by atoms with Crippen molar-refractivity contribution in [1.29, 1.82) is 0 Å². The predicted octanol–water partition coefficient (Wildman–Crippen LogP) is 2.68. The summed E-state index contributed by atoms with van der Waals surface area (Å²) in [7, 11) is 1.59. The summed E-state index contributed by atoms with van der Waals surface area (Å²) in [4.78, 5) is 52.6. The van der Waals surface area contributed by atoms with Crippen LogP contribution in [-0.4, -0.2) is 64.3 Å². The predicted molar refractivity (Wildman–Crippen MR) is 125 cm³/mol. The lowest BCUT2D eigenvalue weighted by Crippen LogP contribution is -2.31. The van der Waals surface area contributed by atoms with Crippen molar-refractivity contribution in [3.63, 3.8) is 0 Å². The van der Waals surface area contributed by atoms with E-state index in [4.69, 9.17) is 9.47 Å². The normalized spacial score (nSPS) is 21.5. The average molecular weight is 482 g/mol. The summed E-state index contributed by atoms with van der Waals surface area (Å²) in [5.41, 5.74) is 2.72. The van der Waals surface area contributed by atoms with E-state index in [0.717, 1.165) is 11.1 Å². The van der Waals surface area contributed by atoms with Crippen LogP contribution in [-0.2, 0) is 22.6 Å². The molecule has 176 valence electrons. The van der Waals surface area contributed by atoms with Crippen molar-refractivity contribution in [2.24, 2.45) is 0 Å². The highest BCUT2D eigenvalue weighted by molar-refractivity contribution is 8.02. The third-order valence-electron chi connectivity index (χ3n) is 6.09. The van der Waals surface area contributed by atoms with Crippen molar-refractivity contribution in [2.75, 3.05) is 25.7 Å². The van der Waals surface area contributed by atoms with Gasteiger partial charge >= 0.3 is 6.03 Å². The van der Waals surface area contributed by atoms with E-state index in [0.29, 0.717) is 29.2 Å². The standard InChI is InChI=1S/C24H23N3O6S/c1-13-22(29)17-9-19-18(32-12-33-19)7-15(17)8-20(34-13)23(30)25-16-5-3-14(4-6-16)10-27-21(28)11-26(2)24(27)31/h3-7,9,13,20H,8,10-12H2,1-2H3,(H,25,30). The van der Waals surface area contributed by atoms with Gasteiger partial charge in [0.1, 0.15) is 6.54 Å². The Balaban J connectivity index is 1.28. The van der Waals surface area contributed by atoms with Gasteiger partial charge in [-0.05, 0) is 48.7 Å². The summed E-state index contributed by atoms with van der Waals surface area (Å²) >= 11 is 1.33. The van der Waals surface area contributed by atoms with E-state index in [9.17, 15) is 19.2 Å². The number of thioether (sulfide) groups is 1. The number of Topliss-reactive ketones (excluding diaryl/α,β-unsaturated/α-hetero) is 1. The summed E-state index contributed by atoms with van der Waals surface area (Å²) in [6.07, 6.45) is 0.392. The highest BCUT2D eigenvalue weighted by Gasteiger charge is 2.35. The number of hydrogen-bond acceptors (Lipinski definition) is 7. The van der Waals surface area contributed by atoms with Gasteiger partial charge in [-0.3, -0.25) is 19.3 Å². The third kappa shape index (κ3) is 4.09. The Morgan fingerprint density at radius 3 is 2.50 bits per heavy atom. The SMILES string of the molecule is CC1SC(C(=O)Nc2ccc(CN3C(=O)CN(C)C3=O)cc2)Cc2cc3c(cc2C1=O)OCO3. The summed E-state index contributed by atoms with van der Waals surface area (Å²) in [5.74, 6) is 0.671. The van der Waals surface area contributed by atoms with E-state index in [1.165, 1.54) is 21.6 Å². The molecule has 0 aliphatic carbocycles.